The predicted octanol–water partition coefficient (Wildman–Crippen LogP) is 4.28. The summed E-state index contributed by atoms with van der Waals surface area (Å²) >= 11 is 3.40. The third-order valence-corrected chi connectivity index (χ3v) is 7.03. The van der Waals surface area contributed by atoms with Crippen LogP contribution in [0.5, 0.6) is 0 Å². The van der Waals surface area contributed by atoms with Crippen molar-refractivity contribution >= 4 is 43.5 Å². The Morgan fingerprint density at radius 1 is 0.971 bits per heavy atom. The summed E-state index contributed by atoms with van der Waals surface area (Å²) in [4.78, 5) is 27.8. The fraction of sp³-hybridized carbons (Fsp3) is 0.440. The molecule has 0 spiro atoms. The Morgan fingerprint density at radius 2 is 1.56 bits per heavy atom. The largest absolute Gasteiger partial charge is 0.352 e. The van der Waals surface area contributed by atoms with Crippen LogP contribution in [0, 0.1) is 0 Å². The number of nitrogens with one attached hydrogen (secondary N) is 1. The van der Waals surface area contributed by atoms with Crippen molar-refractivity contribution in [1.82, 2.24) is 10.2 Å². The fourth-order valence-electron chi connectivity index (χ4n) is 3.57. The van der Waals surface area contributed by atoms with Gasteiger partial charge in [-0.25, -0.2) is 8.42 Å². The number of sulfonamides is 1. The molecule has 0 aliphatic rings. The van der Waals surface area contributed by atoms with Crippen LogP contribution in [0.4, 0.5) is 5.69 Å². The average molecular weight is 553 g/mol. The minimum absolute atomic E-state index is 0.0603. The first-order valence-electron chi connectivity index (χ1n) is 11.2. The van der Waals surface area contributed by atoms with Crippen LogP contribution in [-0.4, -0.2) is 50.0 Å². The molecule has 0 heterocycles. The van der Waals surface area contributed by atoms with Gasteiger partial charge in [0.2, 0.25) is 21.8 Å². The first-order valence-corrected chi connectivity index (χ1v) is 13.9. The number of hydrogen-bond donors (Lipinski definition) is 1. The van der Waals surface area contributed by atoms with E-state index in [1.807, 2.05) is 64.1 Å². The molecular formula is C25H34BrN3O4S. The molecule has 0 unspecified atom stereocenters. The van der Waals surface area contributed by atoms with Crippen molar-refractivity contribution in [2.45, 2.75) is 59.2 Å². The summed E-state index contributed by atoms with van der Waals surface area (Å²) in [7, 11) is -3.77. The number of carbonyl (C=O) groups excluding carboxylic acids is 2. The molecule has 0 radical (unpaired) electrons. The van der Waals surface area contributed by atoms with Gasteiger partial charge in [-0.1, -0.05) is 60.1 Å². The van der Waals surface area contributed by atoms with Crippen LogP contribution in [-0.2, 0) is 26.2 Å². The zero-order valence-electron chi connectivity index (χ0n) is 20.6. The third kappa shape index (κ3) is 7.56. The van der Waals surface area contributed by atoms with Crippen molar-refractivity contribution in [3.8, 4) is 0 Å². The van der Waals surface area contributed by atoms with E-state index in [9.17, 15) is 18.0 Å². The van der Waals surface area contributed by atoms with Crippen molar-refractivity contribution in [3.05, 3.63) is 64.1 Å². The number of rotatable bonds is 10. The topological polar surface area (TPSA) is 86.8 Å². The molecule has 186 valence electrons. The van der Waals surface area contributed by atoms with Gasteiger partial charge in [-0.05, 0) is 56.0 Å². The quantitative estimate of drug-likeness (QED) is 0.477. The van der Waals surface area contributed by atoms with E-state index < -0.39 is 28.5 Å². The minimum atomic E-state index is -3.77. The monoisotopic (exact) mass is 551 g/mol. The Kier molecular flexibility index (Phi) is 9.70. The number of hydrogen-bond acceptors (Lipinski definition) is 4. The van der Waals surface area contributed by atoms with Gasteiger partial charge in [0.15, 0.2) is 0 Å². The lowest BCUT2D eigenvalue weighted by Crippen LogP contribution is -2.52. The van der Waals surface area contributed by atoms with Gasteiger partial charge in [-0.2, -0.15) is 0 Å². The Hall–Kier alpha value is -2.39. The maximum Gasteiger partial charge on any atom is 0.244 e. The second kappa shape index (κ2) is 11.8. The smallest absolute Gasteiger partial charge is 0.244 e. The van der Waals surface area contributed by atoms with E-state index in [1.54, 1.807) is 19.1 Å². The molecule has 1 atom stereocenters. The predicted molar refractivity (Wildman–Crippen MR) is 140 cm³/mol. The van der Waals surface area contributed by atoms with Crippen LogP contribution in [0.2, 0.25) is 0 Å². The SMILES string of the molecule is CC(C)NC(=O)[C@H](C)N(Cc1ccc(Br)cc1)C(=O)CN(c1ccccc1C(C)C)S(C)(=O)=O. The van der Waals surface area contributed by atoms with Crippen LogP contribution >= 0.6 is 15.9 Å². The minimum Gasteiger partial charge on any atom is -0.352 e. The number of anilines is 1. The first-order chi connectivity index (χ1) is 15.8. The van der Waals surface area contributed by atoms with Crippen molar-refractivity contribution in [3.63, 3.8) is 0 Å². The molecule has 0 aliphatic carbocycles. The molecule has 2 aromatic rings. The van der Waals surface area contributed by atoms with Gasteiger partial charge in [0.05, 0.1) is 11.9 Å². The van der Waals surface area contributed by atoms with Crippen molar-refractivity contribution in [1.29, 1.82) is 0 Å². The molecule has 0 aliphatic heterocycles. The molecule has 0 fully saturated rings. The average Bonchev–Trinajstić information content (AvgIpc) is 2.75. The van der Waals surface area contributed by atoms with E-state index in [1.165, 1.54) is 4.90 Å². The zero-order chi connectivity index (χ0) is 25.6. The summed E-state index contributed by atoms with van der Waals surface area (Å²) < 4.78 is 27.6. The molecular weight excluding hydrogens is 518 g/mol. The number of amides is 2. The van der Waals surface area contributed by atoms with Crippen LogP contribution in [0.1, 0.15) is 51.7 Å². The van der Waals surface area contributed by atoms with Gasteiger partial charge < -0.3 is 10.2 Å². The lowest BCUT2D eigenvalue weighted by Gasteiger charge is -2.32. The number of carbonyl (C=O) groups is 2. The molecule has 9 heteroatoms. The number of halogens is 1. The number of nitrogens with zero attached hydrogens (tertiary/aromatic N) is 2. The molecule has 0 bridgehead atoms. The molecule has 34 heavy (non-hydrogen) atoms. The second-order valence-electron chi connectivity index (χ2n) is 8.97. The third-order valence-electron chi connectivity index (χ3n) is 5.37. The fourth-order valence-corrected chi connectivity index (χ4v) is 4.70. The summed E-state index contributed by atoms with van der Waals surface area (Å²) in [6.07, 6.45) is 1.09. The Balaban J connectivity index is 2.45. The van der Waals surface area contributed by atoms with Crippen molar-refractivity contribution in [2.24, 2.45) is 0 Å². The van der Waals surface area contributed by atoms with Crippen LogP contribution in [0.3, 0.4) is 0 Å². The first kappa shape index (κ1) is 27.9. The molecule has 1 N–H and O–H groups in total. The van der Waals surface area contributed by atoms with E-state index in [0.717, 1.165) is 26.2 Å². The zero-order valence-corrected chi connectivity index (χ0v) is 23.0. The summed E-state index contributed by atoms with van der Waals surface area (Å²) in [6.45, 7) is 9.06. The Labute approximate surface area is 211 Å². The van der Waals surface area contributed by atoms with Gasteiger partial charge in [0.1, 0.15) is 12.6 Å². The van der Waals surface area contributed by atoms with E-state index >= 15 is 0 Å². The highest BCUT2D eigenvalue weighted by Crippen LogP contribution is 2.29. The van der Waals surface area contributed by atoms with Gasteiger partial charge in [0.25, 0.3) is 0 Å². The molecule has 2 rings (SSSR count). The van der Waals surface area contributed by atoms with Crippen LogP contribution < -0.4 is 9.62 Å². The summed E-state index contributed by atoms with van der Waals surface area (Å²) in [5.74, 6) is -0.697. The summed E-state index contributed by atoms with van der Waals surface area (Å²) in [5.41, 5.74) is 2.12. The number of benzene rings is 2. The maximum absolute atomic E-state index is 13.6. The molecule has 0 saturated carbocycles. The second-order valence-corrected chi connectivity index (χ2v) is 11.8. The molecule has 2 amide bonds. The number of para-hydroxylation sites is 1. The van der Waals surface area contributed by atoms with Gasteiger partial charge in [-0.3, -0.25) is 13.9 Å². The normalized spacial score (nSPS) is 12.5. The van der Waals surface area contributed by atoms with E-state index in [4.69, 9.17) is 0 Å². The van der Waals surface area contributed by atoms with Crippen molar-refractivity contribution < 1.29 is 18.0 Å². The van der Waals surface area contributed by atoms with Crippen LogP contribution in [0.25, 0.3) is 0 Å². The molecule has 7 nitrogen and oxygen atoms in total. The Bertz CT molecular complexity index is 1100. The lowest BCUT2D eigenvalue weighted by atomic mass is 10.0. The van der Waals surface area contributed by atoms with E-state index in [0.29, 0.717) is 5.69 Å². The highest BCUT2D eigenvalue weighted by Gasteiger charge is 2.31. The standard InChI is InChI=1S/C25H34BrN3O4S/c1-17(2)22-9-7-8-10-23(22)29(34(6,32)33)16-24(30)28(19(5)25(31)27-18(3)4)15-20-11-13-21(26)14-12-20/h7-14,17-19H,15-16H2,1-6H3,(H,27,31)/t19-/m0/s1. The molecule has 2 aromatic carbocycles. The van der Waals surface area contributed by atoms with E-state index in [2.05, 4.69) is 21.2 Å². The van der Waals surface area contributed by atoms with Gasteiger partial charge >= 0.3 is 0 Å². The Morgan fingerprint density at radius 3 is 2.09 bits per heavy atom. The van der Waals surface area contributed by atoms with Crippen molar-refractivity contribution in [2.75, 3.05) is 17.1 Å². The summed E-state index contributed by atoms with van der Waals surface area (Å²) in [6, 6.07) is 13.7. The highest BCUT2D eigenvalue weighted by molar-refractivity contribution is 9.10. The highest BCUT2D eigenvalue weighted by atomic mass is 79.9. The molecule has 0 saturated heterocycles. The molecule has 0 aromatic heterocycles. The van der Waals surface area contributed by atoms with Crippen LogP contribution in [0.15, 0.2) is 53.0 Å². The van der Waals surface area contributed by atoms with E-state index in [-0.39, 0.29) is 24.4 Å². The lowest BCUT2D eigenvalue weighted by molar-refractivity contribution is -0.139. The maximum atomic E-state index is 13.6. The van der Waals surface area contributed by atoms with Gasteiger partial charge in [-0.15, -0.1) is 0 Å². The summed E-state index contributed by atoms with van der Waals surface area (Å²) in [5, 5.41) is 2.84. The van der Waals surface area contributed by atoms with Gasteiger partial charge in [0, 0.05) is 17.1 Å².